The largest absolute Gasteiger partial charge is 0.354 e. The van der Waals surface area contributed by atoms with Gasteiger partial charge in [-0.15, -0.1) is 0 Å². The standard InChI is InChI=1S/C19H29N5O3/c1-13(2)22-18(25)15-7-5-8-16(11-15)23-19(20-3)21-12-14-6-4-9-17(10-14)24(26)27/h4,6,9-10,13,15-16H,5,7-8,11-12H2,1-3H3,(H,22,25)(H2,20,21,23). The highest BCUT2D eigenvalue weighted by Gasteiger charge is 2.28. The first-order valence-corrected chi connectivity index (χ1v) is 9.40. The third kappa shape index (κ3) is 6.54. The second kappa shape index (κ2) is 9.89. The van der Waals surface area contributed by atoms with Crippen molar-refractivity contribution in [2.24, 2.45) is 10.9 Å². The average molecular weight is 375 g/mol. The van der Waals surface area contributed by atoms with Gasteiger partial charge in [-0.05, 0) is 38.7 Å². The lowest BCUT2D eigenvalue weighted by molar-refractivity contribution is -0.384. The van der Waals surface area contributed by atoms with Crippen LogP contribution >= 0.6 is 0 Å². The van der Waals surface area contributed by atoms with Crippen molar-refractivity contribution in [1.82, 2.24) is 16.0 Å². The number of guanidine groups is 1. The van der Waals surface area contributed by atoms with Gasteiger partial charge in [-0.3, -0.25) is 19.9 Å². The van der Waals surface area contributed by atoms with E-state index >= 15 is 0 Å². The fourth-order valence-corrected chi connectivity index (χ4v) is 3.32. The maximum absolute atomic E-state index is 12.3. The Hall–Kier alpha value is -2.64. The highest BCUT2D eigenvalue weighted by atomic mass is 16.6. The number of non-ortho nitro benzene ring substituents is 1. The SMILES string of the molecule is CN=C(NCc1cccc([N+](=O)[O-])c1)NC1CCCC(C(=O)NC(C)C)C1. The molecule has 1 amide bonds. The molecule has 0 aliphatic heterocycles. The lowest BCUT2D eigenvalue weighted by atomic mass is 9.85. The minimum Gasteiger partial charge on any atom is -0.354 e. The molecule has 1 aromatic rings. The smallest absolute Gasteiger partial charge is 0.269 e. The Balaban J connectivity index is 1.88. The predicted octanol–water partition coefficient (Wildman–Crippen LogP) is 2.34. The molecule has 0 heterocycles. The molecule has 1 saturated carbocycles. The van der Waals surface area contributed by atoms with E-state index in [1.165, 1.54) is 6.07 Å². The maximum Gasteiger partial charge on any atom is 0.269 e. The van der Waals surface area contributed by atoms with Crippen molar-refractivity contribution in [3.63, 3.8) is 0 Å². The molecular weight excluding hydrogens is 346 g/mol. The number of nitro groups is 1. The molecule has 1 fully saturated rings. The molecule has 2 unspecified atom stereocenters. The summed E-state index contributed by atoms with van der Waals surface area (Å²) in [6.45, 7) is 4.37. The highest BCUT2D eigenvalue weighted by molar-refractivity contribution is 5.81. The molecule has 2 rings (SSSR count). The Bertz CT molecular complexity index is 690. The Kier molecular flexibility index (Phi) is 7.57. The molecule has 0 bridgehead atoms. The van der Waals surface area contributed by atoms with E-state index in [-0.39, 0.29) is 29.6 Å². The number of benzene rings is 1. The number of hydrogen-bond donors (Lipinski definition) is 3. The van der Waals surface area contributed by atoms with E-state index in [4.69, 9.17) is 0 Å². The quantitative estimate of drug-likeness (QED) is 0.306. The molecule has 0 radical (unpaired) electrons. The molecule has 0 aromatic heterocycles. The number of nitro benzene ring substituents is 1. The van der Waals surface area contributed by atoms with Gasteiger partial charge in [0.25, 0.3) is 5.69 Å². The van der Waals surface area contributed by atoms with E-state index in [1.807, 2.05) is 19.9 Å². The lowest BCUT2D eigenvalue weighted by Gasteiger charge is -2.30. The van der Waals surface area contributed by atoms with Gasteiger partial charge < -0.3 is 16.0 Å². The van der Waals surface area contributed by atoms with Gasteiger partial charge in [-0.2, -0.15) is 0 Å². The molecule has 27 heavy (non-hydrogen) atoms. The molecule has 0 saturated heterocycles. The molecular formula is C19H29N5O3. The van der Waals surface area contributed by atoms with Crippen molar-refractivity contribution in [1.29, 1.82) is 0 Å². The van der Waals surface area contributed by atoms with Gasteiger partial charge in [0.2, 0.25) is 5.91 Å². The Labute approximate surface area is 160 Å². The number of nitrogens with zero attached hydrogens (tertiary/aromatic N) is 2. The first-order chi connectivity index (χ1) is 12.9. The molecule has 3 N–H and O–H groups in total. The molecule has 1 aliphatic rings. The van der Waals surface area contributed by atoms with E-state index < -0.39 is 4.92 Å². The summed E-state index contributed by atoms with van der Waals surface area (Å²) in [5, 5.41) is 20.4. The summed E-state index contributed by atoms with van der Waals surface area (Å²) in [6.07, 6.45) is 3.67. The zero-order valence-electron chi connectivity index (χ0n) is 16.2. The van der Waals surface area contributed by atoms with Crippen LogP contribution in [0.5, 0.6) is 0 Å². The van der Waals surface area contributed by atoms with Gasteiger partial charge in [0.15, 0.2) is 5.96 Å². The number of carbonyl (C=O) groups is 1. The Morgan fingerprint density at radius 3 is 2.81 bits per heavy atom. The monoisotopic (exact) mass is 375 g/mol. The van der Waals surface area contributed by atoms with Gasteiger partial charge in [-0.1, -0.05) is 18.6 Å². The number of nitrogens with one attached hydrogen (secondary N) is 3. The van der Waals surface area contributed by atoms with Crippen LogP contribution in [0.3, 0.4) is 0 Å². The Morgan fingerprint density at radius 2 is 2.15 bits per heavy atom. The van der Waals surface area contributed by atoms with Gasteiger partial charge >= 0.3 is 0 Å². The number of carbonyl (C=O) groups excluding carboxylic acids is 1. The van der Waals surface area contributed by atoms with Crippen LogP contribution in [0.15, 0.2) is 29.3 Å². The predicted molar refractivity (Wildman–Crippen MR) is 105 cm³/mol. The fourth-order valence-electron chi connectivity index (χ4n) is 3.32. The van der Waals surface area contributed by atoms with Crippen molar-refractivity contribution >= 4 is 17.6 Å². The zero-order valence-corrected chi connectivity index (χ0v) is 16.2. The van der Waals surface area contributed by atoms with Gasteiger partial charge in [0, 0.05) is 43.7 Å². The third-order valence-corrected chi connectivity index (χ3v) is 4.62. The van der Waals surface area contributed by atoms with Crippen molar-refractivity contribution in [3.05, 3.63) is 39.9 Å². The van der Waals surface area contributed by atoms with E-state index in [0.29, 0.717) is 12.5 Å². The fraction of sp³-hybridized carbons (Fsp3) is 0.579. The number of amides is 1. The van der Waals surface area contributed by atoms with Crippen LogP contribution in [-0.4, -0.2) is 35.9 Å². The molecule has 8 nitrogen and oxygen atoms in total. The number of rotatable bonds is 6. The Morgan fingerprint density at radius 1 is 1.37 bits per heavy atom. The van der Waals surface area contributed by atoms with Crippen molar-refractivity contribution in [2.75, 3.05) is 7.05 Å². The van der Waals surface area contributed by atoms with Crippen LogP contribution in [0.25, 0.3) is 0 Å². The molecule has 8 heteroatoms. The summed E-state index contributed by atoms with van der Waals surface area (Å²) in [5.41, 5.74) is 0.883. The first-order valence-electron chi connectivity index (χ1n) is 9.40. The second-order valence-corrected chi connectivity index (χ2v) is 7.22. The minimum absolute atomic E-state index is 0.0218. The van der Waals surface area contributed by atoms with Crippen LogP contribution in [-0.2, 0) is 11.3 Å². The van der Waals surface area contributed by atoms with Crippen LogP contribution < -0.4 is 16.0 Å². The molecule has 1 aliphatic carbocycles. The molecule has 0 spiro atoms. The highest BCUT2D eigenvalue weighted by Crippen LogP contribution is 2.24. The van der Waals surface area contributed by atoms with Crippen LogP contribution in [0.4, 0.5) is 5.69 Å². The van der Waals surface area contributed by atoms with Crippen molar-refractivity contribution in [3.8, 4) is 0 Å². The number of aliphatic imine (C=N–C) groups is 1. The van der Waals surface area contributed by atoms with Crippen molar-refractivity contribution < 1.29 is 9.72 Å². The second-order valence-electron chi connectivity index (χ2n) is 7.22. The van der Waals surface area contributed by atoms with E-state index in [0.717, 1.165) is 31.2 Å². The summed E-state index contributed by atoms with van der Waals surface area (Å²) < 4.78 is 0. The van der Waals surface area contributed by atoms with E-state index in [2.05, 4.69) is 20.9 Å². The summed E-state index contributed by atoms with van der Waals surface area (Å²) in [5.74, 6) is 0.779. The number of hydrogen-bond acceptors (Lipinski definition) is 4. The summed E-state index contributed by atoms with van der Waals surface area (Å²) in [6, 6.07) is 6.85. The lowest BCUT2D eigenvalue weighted by Crippen LogP contribution is -2.47. The van der Waals surface area contributed by atoms with Crippen molar-refractivity contribution in [2.45, 2.75) is 58.2 Å². The first kappa shape index (κ1) is 20.7. The van der Waals surface area contributed by atoms with Crippen LogP contribution in [0.2, 0.25) is 0 Å². The minimum atomic E-state index is -0.402. The topological polar surface area (TPSA) is 109 Å². The van der Waals surface area contributed by atoms with Crippen LogP contribution in [0.1, 0.15) is 45.1 Å². The van der Waals surface area contributed by atoms with E-state index in [9.17, 15) is 14.9 Å². The molecule has 2 atom stereocenters. The zero-order chi connectivity index (χ0) is 19.8. The maximum atomic E-state index is 12.3. The summed E-state index contributed by atoms with van der Waals surface area (Å²) >= 11 is 0. The van der Waals surface area contributed by atoms with Gasteiger partial charge in [0.05, 0.1) is 4.92 Å². The van der Waals surface area contributed by atoms with Gasteiger partial charge in [0.1, 0.15) is 0 Å². The van der Waals surface area contributed by atoms with Gasteiger partial charge in [-0.25, -0.2) is 0 Å². The van der Waals surface area contributed by atoms with Crippen LogP contribution in [0, 0.1) is 16.0 Å². The molecule has 148 valence electrons. The normalized spacial score (nSPS) is 20.2. The van der Waals surface area contributed by atoms with E-state index in [1.54, 1.807) is 19.2 Å². The summed E-state index contributed by atoms with van der Waals surface area (Å²) in [7, 11) is 1.69. The third-order valence-electron chi connectivity index (χ3n) is 4.62. The molecule has 1 aromatic carbocycles. The summed E-state index contributed by atoms with van der Waals surface area (Å²) in [4.78, 5) is 27.0. The average Bonchev–Trinajstić information content (AvgIpc) is 2.65.